The molecule has 1 aromatic rings. The number of nitrogens with zero attached hydrogens (tertiary/aromatic N) is 3. The van der Waals surface area contributed by atoms with Gasteiger partial charge >= 0.3 is 0 Å². The highest BCUT2D eigenvalue weighted by Gasteiger charge is 2.31. The summed E-state index contributed by atoms with van der Waals surface area (Å²) < 4.78 is 0. The summed E-state index contributed by atoms with van der Waals surface area (Å²) in [5.41, 5.74) is 18.9. The summed E-state index contributed by atoms with van der Waals surface area (Å²) in [6, 6.07) is 3.84. The van der Waals surface area contributed by atoms with Crippen LogP contribution in [0.1, 0.15) is 30.5 Å². The van der Waals surface area contributed by atoms with Crippen LogP contribution >= 0.6 is 0 Å². The number of aromatic nitrogens is 1. The molecule has 0 radical (unpaired) electrons. The Morgan fingerprint density at radius 3 is 2.73 bits per heavy atom. The van der Waals surface area contributed by atoms with Crippen LogP contribution in [-0.2, 0) is 5.79 Å². The van der Waals surface area contributed by atoms with E-state index in [-0.39, 0.29) is 5.96 Å². The fourth-order valence-corrected chi connectivity index (χ4v) is 2.74. The molecule has 3 heterocycles. The highest BCUT2D eigenvalue weighted by Crippen LogP contribution is 2.18. The van der Waals surface area contributed by atoms with Crippen LogP contribution in [0.15, 0.2) is 29.4 Å². The molecule has 3 rings (SSSR count). The lowest BCUT2D eigenvalue weighted by Gasteiger charge is -2.24. The fourth-order valence-electron chi connectivity index (χ4n) is 2.74. The van der Waals surface area contributed by atoms with E-state index in [1.807, 2.05) is 18.2 Å². The van der Waals surface area contributed by atoms with Gasteiger partial charge in [0, 0.05) is 18.3 Å². The van der Waals surface area contributed by atoms with E-state index >= 15 is 0 Å². The molecule has 0 aliphatic carbocycles. The average Bonchev–Trinajstić information content (AvgIpc) is 2.89. The van der Waals surface area contributed by atoms with Crippen molar-refractivity contribution in [1.29, 1.82) is 0 Å². The summed E-state index contributed by atoms with van der Waals surface area (Å²) in [6.07, 6.45) is 9.90. The van der Waals surface area contributed by atoms with Gasteiger partial charge in [-0.15, -0.1) is 0 Å². The maximum absolute atomic E-state index is 6.11. The van der Waals surface area contributed by atoms with Gasteiger partial charge in [0.25, 0.3) is 0 Å². The van der Waals surface area contributed by atoms with Crippen molar-refractivity contribution in [2.24, 2.45) is 16.5 Å². The molecule has 1 atom stereocenters. The van der Waals surface area contributed by atoms with Crippen molar-refractivity contribution in [3.8, 4) is 0 Å². The van der Waals surface area contributed by atoms with E-state index in [1.54, 1.807) is 6.20 Å². The van der Waals surface area contributed by atoms with Crippen LogP contribution in [0.5, 0.6) is 0 Å². The van der Waals surface area contributed by atoms with Crippen molar-refractivity contribution in [3.05, 3.63) is 35.7 Å². The minimum atomic E-state index is -1.05. The van der Waals surface area contributed by atoms with Crippen molar-refractivity contribution in [2.45, 2.75) is 25.0 Å². The first-order valence-electron chi connectivity index (χ1n) is 7.68. The largest absolute Gasteiger partial charge is 0.369 e. The highest BCUT2D eigenvalue weighted by atomic mass is 15.6. The second-order valence-electron chi connectivity index (χ2n) is 5.75. The molecule has 0 spiro atoms. The predicted octanol–water partition coefficient (Wildman–Crippen LogP) is 0.0722. The molecule has 7 heteroatoms. The Morgan fingerprint density at radius 1 is 1.27 bits per heavy atom. The Hall–Kier alpha value is -1.96. The molecule has 1 unspecified atom stereocenters. The summed E-state index contributed by atoms with van der Waals surface area (Å²) in [5, 5.41) is 0. The van der Waals surface area contributed by atoms with Gasteiger partial charge < -0.3 is 5.73 Å². The van der Waals surface area contributed by atoms with E-state index in [0.29, 0.717) is 0 Å². The summed E-state index contributed by atoms with van der Waals surface area (Å²) in [6.45, 7) is 3.38. The second kappa shape index (κ2) is 6.43. The third kappa shape index (κ3) is 3.44. The van der Waals surface area contributed by atoms with E-state index in [9.17, 15) is 0 Å². The monoisotopic (exact) mass is 301 g/mol. The number of likely N-dealkylation sites (tertiary alicyclic amines) is 1. The van der Waals surface area contributed by atoms with Gasteiger partial charge in [-0.2, -0.15) is 5.43 Å². The van der Waals surface area contributed by atoms with E-state index in [1.165, 1.54) is 32.4 Å². The Bertz CT molecular complexity index is 560. The molecule has 6 N–H and O–H groups in total. The molecule has 0 bridgehead atoms. The van der Waals surface area contributed by atoms with Gasteiger partial charge in [-0.05, 0) is 38.1 Å². The first kappa shape index (κ1) is 15.0. The summed E-state index contributed by atoms with van der Waals surface area (Å²) in [7, 11) is 0. The zero-order valence-corrected chi connectivity index (χ0v) is 12.6. The van der Waals surface area contributed by atoms with E-state index in [4.69, 9.17) is 11.5 Å². The molecule has 0 aromatic carbocycles. The predicted molar refractivity (Wildman–Crippen MR) is 87.3 cm³/mol. The number of guanidine groups is 1. The summed E-state index contributed by atoms with van der Waals surface area (Å²) >= 11 is 0. The van der Waals surface area contributed by atoms with Gasteiger partial charge in [-0.3, -0.25) is 21.0 Å². The molecular weight excluding hydrogens is 278 g/mol. The lowest BCUT2D eigenvalue weighted by Crippen LogP contribution is -2.50. The number of nitrogens with two attached hydrogens (primary N) is 2. The number of hydrazine groups is 1. The quantitative estimate of drug-likeness (QED) is 0.627. The molecule has 1 aromatic heterocycles. The Kier molecular flexibility index (Phi) is 4.37. The molecule has 1 saturated heterocycles. The molecule has 0 saturated carbocycles. The molecule has 1 fully saturated rings. The van der Waals surface area contributed by atoms with E-state index < -0.39 is 5.79 Å². The molecule has 7 nitrogen and oxygen atoms in total. The van der Waals surface area contributed by atoms with Gasteiger partial charge in [0.15, 0.2) is 0 Å². The number of hydrogen-bond donors (Lipinski definition) is 4. The van der Waals surface area contributed by atoms with Gasteiger partial charge in [-0.25, -0.2) is 4.99 Å². The minimum Gasteiger partial charge on any atom is -0.369 e. The molecule has 22 heavy (non-hydrogen) atoms. The lowest BCUT2D eigenvalue weighted by atomic mass is 10.1. The van der Waals surface area contributed by atoms with Crippen molar-refractivity contribution in [3.63, 3.8) is 0 Å². The lowest BCUT2D eigenvalue weighted by molar-refractivity contribution is 0.252. The minimum absolute atomic E-state index is 0.271. The second-order valence-corrected chi connectivity index (χ2v) is 5.75. The molecule has 2 aliphatic heterocycles. The zero-order valence-electron chi connectivity index (χ0n) is 12.6. The van der Waals surface area contributed by atoms with Gasteiger partial charge in [0.1, 0.15) is 0 Å². The molecule has 2 aliphatic rings. The normalized spacial score (nSPS) is 26.1. The van der Waals surface area contributed by atoms with Crippen LogP contribution in [0.3, 0.4) is 0 Å². The van der Waals surface area contributed by atoms with Gasteiger partial charge in [-0.1, -0.05) is 18.6 Å². The van der Waals surface area contributed by atoms with Crippen LogP contribution in [0, 0.1) is 0 Å². The van der Waals surface area contributed by atoms with Gasteiger partial charge in [0.05, 0.1) is 5.69 Å². The van der Waals surface area contributed by atoms with Crippen LogP contribution in [0.4, 0.5) is 0 Å². The zero-order chi connectivity index (χ0) is 15.4. The first-order valence-corrected chi connectivity index (χ1v) is 7.68. The maximum Gasteiger partial charge on any atom is 0.210 e. The summed E-state index contributed by atoms with van der Waals surface area (Å²) in [5.74, 6) is -0.777. The van der Waals surface area contributed by atoms with E-state index in [0.717, 1.165) is 17.8 Å². The Morgan fingerprint density at radius 2 is 2.09 bits per heavy atom. The number of pyridine rings is 1. The van der Waals surface area contributed by atoms with Crippen molar-refractivity contribution >= 4 is 12.0 Å². The molecule has 0 amide bonds. The van der Waals surface area contributed by atoms with Crippen LogP contribution in [0.25, 0.3) is 6.08 Å². The third-order valence-corrected chi connectivity index (χ3v) is 4.01. The topological polar surface area (TPSA) is 105 Å². The number of piperidine rings is 1. The van der Waals surface area contributed by atoms with Crippen LogP contribution in [0.2, 0.25) is 0 Å². The SMILES string of the molecule is NC1=NC(N)(c2ccc(/C=C/CN3CCCCC3)nc2)NN1. The molecular formula is C15H23N7. The Balaban J connectivity index is 1.59. The molecule has 118 valence electrons. The smallest absolute Gasteiger partial charge is 0.210 e. The average molecular weight is 301 g/mol. The van der Waals surface area contributed by atoms with Crippen LogP contribution < -0.4 is 22.3 Å². The summed E-state index contributed by atoms with van der Waals surface area (Å²) in [4.78, 5) is 11.0. The third-order valence-electron chi connectivity index (χ3n) is 4.01. The maximum atomic E-state index is 6.11. The fraction of sp³-hybridized carbons (Fsp3) is 0.467. The number of nitrogens with one attached hydrogen (secondary N) is 2. The number of aliphatic imine (C=N–C) groups is 1. The van der Waals surface area contributed by atoms with Gasteiger partial charge in [0.2, 0.25) is 11.7 Å². The number of rotatable bonds is 4. The standard InChI is InChI=1S/C15H23N7/c16-14-19-15(17,21-20-14)12-6-7-13(18-11-12)5-4-10-22-8-2-1-3-9-22/h4-7,11,21H,1-3,8-10,17H2,(H3,16,19,20)/b5-4+. The van der Waals surface area contributed by atoms with Crippen LogP contribution in [-0.4, -0.2) is 35.5 Å². The van der Waals surface area contributed by atoms with Crippen molar-refractivity contribution in [2.75, 3.05) is 19.6 Å². The van der Waals surface area contributed by atoms with Crippen molar-refractivity contribution < 1.29 is 0 Å². The number of hydrogen-bond acceptors (Lipinski definition) is 7. The highest BCUT2D eigenvalue weighted by molar-refractivity contribution is 5.79. The first-order chi connectivity index (χ1) is 10.7. The van der Waals surface area contributed by atoms with Crippen molar-refractivity contribution in [1.82, 2.24) is 20.7 Å². The van der Waals surface area contributed by atoms with E-state index in [2.05, 4.69) is 31.8 Å². The Labute approximate surface area is 130 Å².